The Morgan fingerprint density at radius 2 is 1.88 bits per heavy atom. The number of halogens is 1. The number of alkyl halides is 1. The fourth-order valence-corrected chi connectivity index (χ4v) is 6.80. The molecule has 0 radical (unpaired) electrons. The van der Waals surface area contributed by atoms with Crippen molar-refractivity contribution in [2.24, 2.45) is 28.6 Å². The monoisotopic (exact) mass is 350 g/mol. The molecule has 4 aliphatic carbocycles. The van der Waals surface area contributed by atoms with Crippen LogP contribution in [-0.2, 0) is 4.79 Å². The zero-order valence-corrected chi connectivity index (χ0v) is 16.6. The van der Waals surface area contributed by atoms with Crippen LogP contribution in [-0.4, -0.2) is 22.7 Å². The zero-order chi connectivity index (χ0) is 18.6. The number of allylic oxidation sites excluding steroid dienone is 2. The van der Waals surface area contributed by atoms with Crippen LogP contribution in [0.3, 0.4) is 0 Å². The summed E-state index contributed by atoms with van der Waals surface area (Å²) in [5.41, 5.74) is -0.183. The molecule has 142 valence electrons. The van der Waals surface area contributed by atoms with E-state index in [1.54, 1.807) is 0 Å². The van der Waals surface area contributed by atoms with Crippen LogP contribution in [0.5, 0.6) is 0 Å². The molecule has 7 atom stereocenters. The molecule has 4 rings (SSSR count). The Labute approximate surface area is 152 Å². The zero-order valence-electron chi connectivity index (χ0n) is 16.6. The Morgan fingerprint density at radius 1 is 1.20 bits per heavy atom. The largest absolute Gasteiger partial charge is 0.386 e. The topological polar surface area (TPSA) is 37.3 Å². The summed E-state index contributed by atoms with van der Waals surface area (Å²) in [6.07, 6.45) is 5.96. The summed E-state index contributed by atoms with van der Waals surface area (Å²) in [4.78, 5) is 11.9. The minimum Gasteiger partial charge on any atom is -0.386 e. The van der Waals surface area contributed by atoms with E-state index in [9.17, 15) is 9.90 Å². The van der Waals surface area contributed by atoms with E-state index >= 15 is 4.39 Å². The molecule has 0 saturated heterocycles. The van der Waals surface area contributed by atoms with Gasteiger partial charge in [0, 0.05) is 18.3 Å². The molecule has 3 fully saturated rings. The first kappa shape index (κ1) is 19.1. The fraction of sp³-hybridized carbons (Fsp3) is 0.864. The maximum Gasteiger partial charge on any atom is 0.135 e. The molecule has 7 unspecified atom stereocenters. The molecule has 4 aliphatic rings. The lowest BCUT2D eigenvalue weighted by atomic mass is 9.43. The number of carbonyl (C=O) groups is 1. The van der Waals surface area contributed by atoms with Gasteiger partial charge < -0.3 is 5.11 Å². The summed E-state index contributed by atoms with van der Waals surface area (Å²) < 4.78 is 15.2. The molecule has 3 saturated carbocycles. The highest BCUT2D eigenvalue weighted by molar-refractivity contribution is 5.81. The van der Waals surface area contributed by atoms with Crippen molar-refractivity contribution in [3.05, 3.63) is 11.6 Å². The van der Waals surface area contributed by atoms with Gasteiger partial charge in [0.15, 0.2) is 0 Å². The predicted octanol–water partition coefficient (Wildman–Crippen LogP) is 5.24. The van der Waals surface area contributed by atoms with E-state index in [-0.39, 0.29) is 17.6 Å². The summed E-state index contributed by atoms with van der Waals surface area (Å²) >= 11 is 0. The lowest BCUT2D eigenvalue weighted by molar-refractivity contribution is -0.230. The third-order valence-electron chi connectivity index (χ3n) is 8.60. The molecule has 0 spiro atoms. The van der Waals surface area contributed by atoms with Crippen LogP contribution >= 0.6 is 0 Å². The number of carbonyl (C=O) groups excluding carboxylic acids is 1. The van der Waals surface area contributed by atoms with Crippen LogP contribution in [0.2, 0.25) is 0 Å². The lowest BCUT2D eigenvalue weighted by Gasteiger charge is -2.63. The van der Waals surface area contributed by atoms with Gasteiger partial charge in [0.2, 0.25) is 0 Å². The van der Waals surface area contributed by atoms with E-state index in [1.165, 1.54) is 5.57 Å². The summed E-state index contributed by atoms with van der Waals surface area (Å²) in [6, 6.07) is 0. The SMILES string of the molecule is CC.CC1=CCC2C3CC(F)C4(O)CC(=O)CCC4(C)C3CCC12C. The number of Topliss-reactive ketones (excluding diaryl/α,β-unsaturated/α-hetero) is 1. The minimum atomic E-state index is -1.43. The maximum atomic E-state index is 15.2. The minimum absolute atomic E-state index is 0.0209. The van der Waals surface area contributed by atoms with Crippen molar-refractivity contribution in [1.82, 2.24) is 0 Å². The normalized spacial score (nSPS) is 51.5. The Morgan fingerprint density at radius 3 is 2.56 bits per heavy atom. The van der Waals surface area contributed by atoms with E-state index in [2.05, 4.69) is 26.8 Å². The standard InChI is InChI=1S/C20H29FO2.C2H6/c1-12-4-5-15-14-10-17(21)20(23)11-13(22)6-9-19(20,3)16(14)7-8-18(12,15)2;1-2/h4,14-17,23H,5-11H2,1-3H3;1-2H3. The molecule has 25 heavy (non-hydrogen) atoms. The van der Waals surface area contributed by atoms with Gasteiger partial charge in [-0.05, 0) is 62.2 Å². The summed E-state index contributed by atoms with van der Waals surface area (Å²) in [5.74, 6) is 1.24. The average Bonchev–Trinajstić information content (AvgIpc) is 2.88. The molecule has 0 aromatic carbocycles. The van der Waals surface area contributed by atoms with E-state index < -0.39 is 17.2 Å². The molecule has 0 aromatic rings. The molecule has 0 heterocycles. The van der Waals surface area contributed by atoms with Crippen molar-refractivity contribution in [3.8, 4) is 0 Å². The molecule has 1 N–H and O–H groups in total. The Balaban J connectivity index is 0.000000880. The van der Waals surface area contributed by atoms with E-state index in [0.717, 1.165) is 19.3 Å². The van der Waals surface area contributed by atoms with Gasteiger partial charge in [0.25, 0.3) is 0 Å². The summed E-state index contributed by atoms with van der Waals surface area (Å²) in [7, 11) is 0. The molecule has 0 aliphatic heterocycles. The number of fused-ring (bicyclic) bond motifs is 5. The molecular formula is C22H35FO2. The third kappa shape index (κ3) is 2.40. The molecule has 2 nitrogen and oxygen atoms in total. The van der Waals surface area contributed by atoms with Crippen LogP contribution in [0.4, 0.5) is 4.39 Å². The second-order valence-corrected chi connectivity index (χ2v) is 9.22. The Kier molecular flexibility index (Phi) is 4.71. The van der Waals surface area contributed by atoms with Crippen molar-refractivity contribution in [1.29, 1.82) is 0 Å². The molecule has 0 bridgehead atoms. The second kappa shape index (κ2) is 6.18. The molecule has 0 aromatic heterocycles. The number of hydrogen-bond acceptors (Lipinski definition) is 2. The number of aliphatic hydroxyl groups is 1. The smallest absolute Gasteiger partial charge is 0.135 e. The van der Waals surface area contributed by atoms with Gasteiger partial charge in [-0.2, -0.15) is 0 Å². The second-order valence-electron chi connectivity index (χ2n) is 9.22. The van der Waals surface area contributed by atoms with Gasteiger partial charge in [0.1, 0.15) is 17.6 Å². The van der Waals surface area contributed by atoms with Crippen LogP contribution in [0.1, 0.15) is 79.6 Å². The van der Waals surface area contributed by atoms with Gasteiger partial charge in [-0.25, -0.2) is 4.39 Å². The predicted molar refractivity (Wildman–Crippen MR) is 99.0 cm³/mol. The first-order valence-electron chi connectivity index (χ1n) is 10.3. The molecule has 0 amide bonds. The van der Waals surface area contributed by atoms with E-state index in [4.69, 9.17) is 0 Å². The van der Waals surface area contributed by atoms with Crippen LogP contribution < -0.4 is 0 Å². The fourth-order valence-electron chi connectivity index (χ4n) is 6.80. The quantitative estimate of drug-likeness (QED) is 0.606. The van der Waals surface area contributed by atoms with E-state index in [1.807, 2.05) is 13.8 Å². The molecular weight excluding hydrogens is 315 g/mol. The van der Waals surface area contributed by atoms with Crippen molar-refractivity contribution >= 4 is 5.78 Å². The van der Waals surface area contributed by atoms with Gasteiger partial charge >= 0.3 is 0 Å². The van der Waals surface area contributed by atoms with Crippen molar-refractivity contribution in [3.63, 3.8) is 0 Å². The van der Waals surface area contributed by atoms with E-state index in [0.29, 0.717) is 37.0 Å². The maximum absolute atomic E-state index is 15.2. The summed E-state index contributed by atoms with van der Waals surface area (Å²) in [6.45, 7) is 10.7. The lowest BCUT2D eigenvalue weighted by Crippen LogP contribution is -2.67. The van der Waals surface area contributed by atoms with Crippen LogP contribution in [0.15, 0.2) is 11.6 Å². The van der Waals surface area contributed by atoms with Crippen molar-refractivity contribution in [2.45, 2.75) is 91.3 Å². The number of hydrogen-bond donors (Lipinski definition) is 1. The highest BCUT2D eigenvalue weighted by Gasteiger charge is 2.67. The van der Waals surface area contributed by atoms with Crippen LogP contribution in [0, 0.1) is 28.6 Å². The van der Waals surface area contributed by atoms with Gasteiger partial charge in [0.05, 0.1) is 0 Å². The van der Waals surface area contributed by atoms with Crippen molar-refractivity contribution < 1.29 is 14.3 Å². The highest BCUT2D eigenvalue weighted by Crippen LogP contribution is 2.67. The Bertz CT molecular complexity index is 585. The average molecular weight is 351 g/mol. The summed E-state index contributed by atoms with van der Waals surface area (Å²) in [5, 5.41) is 11.2. The van der Waals surface area contributed by atoms with Gasteiger partial charge in [-0.15, -0.1) is 0 Å². The van der Waals surface area contributed by atoms with Crippen molar-refractivity contribution in [2.75, 3.05) is 0 Å². The van der Waals surface area contributed by atoms with Gasteiger partial charge in [-0.3, -0.25) is 4.79 Å². The molecule has 3 heteroatoms. The third-order valence-corrected chi connectivity index (χ3v) is 8.60. The number of ketones is 1. The first-order chi connectivity index (χ1) is 11.7. The first-order valence-corrected chi connectivity index (χ1v) is 10.3. The van der Waals surface area contributed by atoms with Crippen LogP contribution in [0.25, 0.3) is 0 Å². The number of rotatable bonds is 0. The highest BCUT2D eigenvalue weighted by atomic mass is 19.1. The van der Waals surface area contributed by atoms with Gasteiger partial charge in [-0.1, -0.05) is 39.3 Å². The Hall–Kier alpha value is -0.700.